The molecule has 0 saturated carbocycles. The average Bonchev–Trinajstić information content (AvgIpc) is 3.46. The Hall–Kier alpha value is -6.13. The maximum Gasteiger partial charge on any atom is 0.489 e. The molecule has 0 fully saturated rings. The van der Waals surface area contributed by atoms with E-state index in [2.05, 4.69) is 115 Å². The van der Waals surface area contributed by atoms with Crippen LogP contribution in [0.25, 0.3) is 98.0 Å². The lowest BCUT2D eigenvalue weighted by Crippen LogP contribution is -2.31. The van der Waals surface area contributed by atoms with E-state index >= 15 is 0 Å². The fraction of sp³-hybridized carbons (Fsp3) is 0. The molecule has 2 N–H and O–H groups in total. The van der Waals surface area contributed by atoms with Gasteiger partial charge in [-0.1, -0.05) is 244 Å². The Bertz CT molecular complexity index is 4140. The van der Waals surface area contributed by atoms with E-state index in [1.807, 2.05) is 60.7 Å². The SMILES string of the molecule is Brc1ccc(I)c2ccccc12.[2H]c1c([2H])c([2H])c(-c2c3ccccc3c(-c3ccc(Br)c4ccccc34)c3ccccc23)c([2H])c1[2H].[2H]c1c([2H])c([2H])c(-c2c3ccccc3c(B(O)O)c3ccccc23)c([2H])c1[2H]. The first-order valence-corrected chi connectivity index (χ1v) is 23.6. The summed E-state index contributed by atoms with van der Waals surface area (Å²) in [5.74, 6) is 0. The van der Waals surface area contributed by atoms with Crippen molar-refractivity contribution in [2.45, 2.75) is 0 Å². The highest BCUT2D eigenvalue weighted by molar-refractivity contribution is 14.1. The van der Waals surface area contributed by atoms with Crippen LogP contribution in [0.3, 0.4) is 0 Å². The second-order valence-electron chi connectivity index (χ2n) is 15.3. The highest BCUT2D eigenvalue weighted by atomic mass is 127. The minimum Gasteiger partial charge on any atom is -0.423 e. The van der Waals surface area contributed by atoms with E-state index in [0.29, 0.717) is 38.1 Å². The van der Waals surface area contributed by atoms with Crippen molar-refractivity contribution in [1.82, 2.24) is 0 Å². The lowest BCUT2D eigenvalue weighted by Gasteiger charge is -2.19. The zero-order valence-electron chi connectivity index (χ0n) is 44.8. The zero-order chi connectivity index (χ0) is 53.9. The Balaban J connectivity index is 0.000000145. The third-order valence-corrected chi connectivity index (χ3v) is 13.9. The lowest BCUT2D eigenvalue weighted by atomic mass is 9.72. The van der Waals surface area contributed by atoms with Crippen molar-refractivity contribution in [3.63, 3.8) is 0 Å². The molecule has 0 saturated heterocycles. The number of benzene rings is 12. The van der Waals surface area contributed by atoms with Crippen LogP contribution >= 0.6 is 54.5 Å². The molecule has 316 valence electrons. The monoisotopic (exact) mass is 1100 g/mol. The number of fused-ring (bicyclic) bond motifs is 6. The van der Waals surface area contributed by atoms with Gasteiger partial charge in [-0.15, -0.1) is 0 Å². The predicted molar refractivity (Wildman–Crippen MR) is 299 cm³/mol. The summed E-state index contributed by atoms with van der Waals surface area (Å²) >= 11 is 9.57. The van der Waals surface area contributed by atoms with Crippen LogP contribution in [0.5, 0.6) is 0 Å². The Kier molecular flexibility index (Phi) is 9.80. The second kappa shape index (κ2) is 19.4. The molecule has 12 rings (SSSR count). The largest absolute Gasteiger partial charge is 0.489 e. The van der Waals surface area contributed by atoms with E-state index in [9.17, 15) is 10.0 Å². The van der Waals surface area contributed by atoms with Gasteiger partial charge in [0.05, 0.1) is 13.7 Å². The molecule has 12 aromatic carbocycles. The maximum absolute atomic E-state index is 10.0. The molecule has 6 heteroatoms. The van der Waals surface area contributed by atoms with Crippen LogP contribution in [0.1, 0.15) is 13.7 Å². The molecule has 0 radical (unpaired) electrons. The molecule has 0 aromatic heterocycles. The number of hydrogen-bond acceptors (Lipinski definition) is 2. The minimum atomic E-state index is -1.72. The van der Waals surface area contributed by atoms with Crippen molar-refractivity contribution in [3.8, 4) is 33.4 Å². The van der Waals surface area contributed by atoms with E-state index in [-0.39, 0.29) is 53.4 Å². The van der Waals surface area contributed by atoms with E-state index in [4.69, 9.17) is 13.7 Å². The Morgan fingerprint density at radius 2 is 0.667 bits per heavy atom. The predicted octanol–water partition coefficient (Wildman–Crippen LogP) is 16.8. The Morgan fingerprint density at radius 3 is 1.08 bits per heavy atom. The summed E-state index contributed by atoms with van der Waals surface area (Å²) in [7, 11) is -1.72. The van der Waals surface area contributed by atoms with E-state index < -0.39 is 25.2 Å². The molecule has 0 atom stereocenters. The van der Waals surface area contributed by atoms with Gasteiger partial charge in [-0.2, -0.15) is 0 Å². The molecular formula is C60H40BBr2IO2. The van der Waals surface area contributed by atoms with Gasteiger partial charge in [0.25, 0.3) is 0 Å². The normalized spacial score (nSPS) is 13.2. The standard InChI is InChI=1S/C30H19Br.C20H15BO2.C10H6BrI/c31-28-19-18-27(21-12-4-5-13-22(21)28)30-25-16-8-6-14-23(25)29(20-10-2-1-3-11-20)24-15-7-9-17-26(24)30;22-21(23)20-17-12-6-4-10-15(17)19(14-8-2-1-3-9-14)16-11-5-7-13-18(16)20;11-9-5-6-10(12)8-4-2-1-3-7(8)9/h1-19H;1-13,22-23H;1-6H/i1D,2D,3D,10D,11D;1D,2D,3D,8D,9D;. The molecule has 12 aromatic rings. The fourth-order valence-electron chi connectivity index (χ4n) is 8.85. The third kappa shape index (κ3) is 8.33. The van der Waals surface area contributed by atoms with Crippen LogP contribution in [-0.4, -0.2) is 17.2 Å². The van der Waals surface area contributed by atoms with Gasteiger partial charge in [-0.3, -0.25) is 0 Å². The molecular weight excluding hydrogens is 1050 g/mol. The molecule has 2 nitrogen and oxygen atoms in total. The number of hydrogen-bond donors (Lipinski definition) is 2. The van der Waals surface area contributed by atoms with Gasteiger partial charge in [0.1, 0.15) is 0 Å². The molecule has 0 amide bonds. The van der Waals surface area contributed by atoms with Crippen molar-refractivity contribution < 1.29 is 23.8 Å². The number of rotatable bonds is 4. The number of halogens is 3. The first-order valence-electron chi connectivity index (χ1n) is 25.9. The maximum atomic E-state index is 10.0. The summed E-state index contributed by atoms with van der Waals surface area (Å²) in [5, 5.41) is 30.7. The van der Waals surface area contributed by atoms with Gasteiger partial charge in [0.2, 0.25) is 0 Å². The molecule has 0 aliphatic heterocycles. The first-order chi connectivity index (χ1) is 36.5. The van der Waals surface area contributed by atoms with E-state index in [1.165, 1.54) is 18.8 Å². The first kappa shape index (κ1) is 33.4. The molecule has 0 heterocycles. The van der Waals surface area contributed by atoms with Gasteiger partial charge in [0.15, 0.2) is 0 Å². The van der Waals surface area contributed by atoms with Crippen LogP contribution in [0.15, 0.2) is 239 Å². The average molecular weight is 1100 g/mol. The Labute approximate surface area is 428 Å². The highest BCUT2D eigenvalue weighted by Gasteiger charge is 2.22. The van der Waals surface area contributed by atoms with Crippen molar-refractivity contribution in [1.29, 1.82) is 0 Å². The Morgan fingerprint density at radius 1 is 0.348 bits per heavy atom. The van der Waals surface area contributed by atoms with Crippen molar-refractivity contribution in [2.24, 2.45) is 0 Å². The minimum absolute atomic E-state index is 0.0948. The van der Waals surface area contributed by atoms with Gasteiger partial charge in [0, 0.05) is 12.5 Å². The molecule has 0 aliphatic rings. The van der Waals surface area contributed by atoms with Crippen LogP contribution in [0, 0.1) is 3.57 Å². The highest BCUT2D eigenvalue weighted by Crippen LogP contribution is 2.46. The summed E-state index contributed by atoms with van der Waals surface area (Å²) in [6, 6.07) is 51.6. The van der Waals surface area contributed by atoms with Crippen molar-refractivity contribution in [3.05, 3.63) is 243 Å². The van der Waals surface area contributed by atoms with Crippen molar-refractivity contribution >= 4 is 132 Å². The van der Waals surface area contributed by atoms with Gasteiger partial charge < -0.3 is 10.0 Å². The summed E-state index contributed by atoms with van der Waals surface area (Å²) < 4.78 is 86.2. The fourth-order valence-corrected chi connectivity index (χ4v) is 10.5. The van der Waals surface area contributed by atoms with Crippen LogP contribution in [-0.2, 0) is 0 Å². The molecule has 66 heavy (non-hydrogen) atoms. The lowest BCUT2D eigenvalue weighted by molar-refractivity contribution is 0.426. The van der Waals surface area contributed by atoms with Crippen LogP contribution < -0.4 is 5.46 Å². The summed E-state index contributed by atoms with van der Waals surface area (Å²) in [4.78, 5) is 0. The molecule has 0 aliphatic carbocycles. The molecule has 0 unspecified atom stereocenters. The smallest absolute Gasteiger partial charge is 0.423 e. The van der Waals surface area contributed by atoms with Crippen molar-refractivity contribution in [2.75, 3.05) is 0 Å². The second-order valence-corrected chi connectivity index (χ2v) is 18.2. The summed E-state index contributed by atoms with van der Waals surface area (Å²) in [6.07, 6.45) is 0. The van der Waals surface area contributed by atoms with Gasteiger partial charge in [-0.05, 0) is 144 Å². The van der Waals surface area contributed by atoms with Crippen LogP contribution in [0.4, 0.5) is 0 Å². The quantitative estimate of drug-likeness (QED) is 0.105. The molecule has 0 spiro atoms. The van der Waals surface area contributed by atoms with Gasteiger partial charge >= 0.3 is 7.12 Å². The van der Waals surface area contributed by atoms with Crippen LogP contribution in [0.2, 0.25) is 0 Å². The third-order valence-electron chi connectivity index (χ3n) is 11.6. The topological polar surface area (TPSA) is 40.5 Å². The summed E-state index contributed by atoms with van der Waals surface area (Å²) in [5.41, 5.74) is 3.91. The van der Waals surface area contributed by atoms with E-state index in [1.54, 1.807) is 48.5 Å². The van der Waals surface area contributed by atoms with E-state index in [0.717, 1.165) is 47.9 Å². The zero-order valence-corrected chi connectivity index (χ0v) is 40.1. The van der Waals surface area contributed by atoms with Gasteiger partial charge in [-0.25, -0.2) is 0 Å². The molecule has 0 bridgehead atoms. The summed E-state index contributed by atoms with van der Waals surface area (Å²) in [6.45, 7) is 0.